The fourth-order valence-corrected chi connectivity index (χ4v) is 9.26. The number of aliphatic hydroxyl groups excluding tert-OH is 2. The summed E-state index contributed by atoms with van der Waals surface area (Å²) < 4.78 is 62.3. The van der Waals surface area contributed by atoms with E-state index in [1.165, 1.54) is 13.8 Å². The molecule has 0 spiro atoms. The van der Waals surface area contributed by atoms with E-state index in [9.17, 15) is 57.9 Å². The van der Waals surface area contributed by atoms with Crippen LogP contribution in [0.2, 0.25) is 0 Å². The number of carbonyl (C=O) groups excluding carboxylic acids is 3. The van der Waals surface area contributed by atoms with Crippen molar-refractivity contribution in [2.75, 3.05) is 37.8 Å². The van der Waals surface area contributed by atoms with Crippen molar-refractivity contribution in [3.05, 3.63) is 24.8 Å². The minimum absolute atomic E-state index is 0.0323. The normalized spacial score (nSPS) is 21.0. The second kappa shape index (κ2) is 24.4. The number of imidazole rings is 1. The molecule has 1 aliphatic rings. The first kappa shape index (κ1) is 52.6. The number of nitrogen functional groups attached to an aromatic ring is 1. The predicted octanol–water partition coefficient (Wildman–Crippen LogP) is 2.36. The summed E-state index contributed by atoms with van der Waals surface area (Å²) in [6.07, 6.45) is 5.22. The number of thioether (sulfide) groups is 1. The van der Waals surface area contributed by atoms with Crippen LogP contribution in [0.15, 0.2) is 24.8 Å². The third kappa shape index (κ3) is 18.1. The molecule has 2 aromatic rings. The summed E-state index contributed by atoms with van der Waals surface area (Å²) in [6.45, 7) is 2.66. The van der Waals surface area contributed by atoms with Crippen molar-refractivity contribution in [2.45, 2.75) is 109 Å². The molecule has 2 amide bonds. The molecule has 0 saturated carbocycles. The molecule has 346 valence electrons. The number of fused-ring (bicyclic) bond motifs is 1. The highest BCUT2D eigenvalue weighted by Gasteiger charge is 2.50. The number of hydrogen-bond donors (Lipinski definition) is 9. The van der Waals surface area contributed by atoms with E-state index in [-0.39, 0.29) is 41.6 Å². The molecule has 0 radical (unpaired) electrons. The van der Waals surface area contributed by atoms with Crippen LogP contribution in [0, 0.1) is 5.41 Å². The zero-order valence-electron chi connectivity index (χ0n) is 33.9. The summed E-state index contributed by atoms with van der Waals surface area (Å²) in [4.78, 5) is 88.0. The second-order valence-corrected chi connectivity index (χ2v) is 19.9. The van der Waals surface area contributed by atoms with Crippen LogP contribution >= 0.6 is 35.2 Å². The largest absolute Gasteiger partial charge is 0.481 e. The molecule has 1 fully saturated rings. The maximum Gasteiger partial charge on any atom is 0.481 e. The van der Waals surface area contributed by atoms with Crippen molar-refractivity contribution in [3.63, 3.8) is 0 Å². The van der Waals surface area contributed by atoms with Gasteiger partial charge < -0.3 is 50.9 Å². The lowest BCUT2D eigenvalue weighted by Crippen LogP contribution is -2.46. The number of hydrogen-bond acceptors (Lipinski definition) is 18. The summed E-state index contributed by atoms with van der Waals surface area (Å²) in [5.41, 5.74) is 4.28. The number of amides is 2. The Labute approximate surface area is 356 Å². The van der Waals surface area contributed by atoms with Gasteiger partial charge in [-0.05, 0) is 25.7 Å². The lowest BCUT2D eigenvalue weighted by Gasteiger charge is -2.30. The van der Waals surface area contributed by atoms with Crippen molar-refractivity contribution in [2.24, 2.45) is 5.41 Å². The quantitative estimate of drug-likeness (QED) is 0.0336. The fourth-order valence-electron chi connectivity index (χ4n) is 5.71. The van der Waals surface area contributed by atoms with Gasteiger partial charge in [0.1, 0.15) is 36.3 Å². The standard InChI is InChI=1S/C33H56N7O17P3S/c1-4-5-6-7-8-9-10-11-12-13-24(42)61-17-16-35-23(41)14-15-36-31(45)28(44)33(2,3)19-54-60(51,52)57-59(49,50)53-18-22-27(56-58(46,47)48)26(43)32(55-22)40-21-39-25-29(34)37-20-38-30(25)40/h5-6,20-22,26-28,32,43-44H,4,7-19H2,1-3H3,(H,35,41)(H,36,45)(H,49,50)(H,51,52)(H2,34,37,38)(H2,46,47,48)/b6-5+/t22-,26-,27-,28+,32-/m1/s1. The number of nitrogens with zero attached hydrogens (tertiary/aromatic N) is 4. The molecular formula is C33H56N7O17P3S. The van der Waals surface area contributed by atoms with E-state index >= 15 is 0 Å². The van der Waals surface area contributed by atoms with Crippen molar-refractivity contribution < 1.29 is 80.5 Å². The molecule has 2 unspecified atom stereocenters. The minimum atomic E-state index is -5.57. The Balaban J connectivity index is 1.39. The molecule has 0 bridgehead atoms. The van der Waals surface area contributed by atoms with Crippen molar-refractivity contribution in [1.29, 1.82) is 0 Å². The van der Waals surface area contributed by atoms with E-state index in [4.69, 9.17) is 19.5 Å². The van der Waals surface area contributed by atoms with E-state index in [1.807, 2.05) is 0 Å². The number of aliphatic hydroxyl groups is 2. The van der Waals surface area contributed by atoms with Gasteiger partial charge in [-0.25, -0.2) is 28.6 Å². The molecule has 0 aromatic carbocycles. The Morgan fingerprint density at radius 2 is 1.67 bits per heavy atom. The average molecular weight is 948 g/mol. The first-order valence-corrected chi connectivity index (χ1v) is 24.8. The number of phosphoric ester groups is 3. The number of unbranched alkanes of at least 4 members (excludes halogenated alkanes) is 5. The Bertz CT molecular complexity index is 1940. The summed E-state index contributed by atoms with van der Waals surface area (Å²) in [6, 6.07) is 0. The molecule has 3 rings (SSSR count). The molecular weight excluding hydrogens is 891 g/mol. The minimum Gasteiger partial charge on any atom is -0.386 e. The topological polar surface area (TPSA) is 364 Å². The van der Waals surface area contributed by atoms with Crippen molar-refractivity contribution >= 4 is 69.1 Å². The number of nitrogens with two attached hydrogens (primary N) is 1. The summed E-state index contributed by atoms with van der Waals surface area (Å²) in [5.74, 6) is -1.04. The molecule has 10 N–H and O–H groups in total. The van der Waals surface area contributed by atoms with Crippen LogP contribution < -0.4 is 16.4 Å². The molecule has 28 heteroatoms. The second-order valence-electron chi connectivity index (χ2n) is 14.5. The van der Waals surface area contributed by atoms with Crippen LogP contribution in [0.5, 0.6) is 0 Å². The molecule has 3 heterocycles. The van der Waals surface area contributed by atoms with E-state index < -0.39 is 84.6 Å². The first-order chi connectivity index (χ1) is 28.6. The van der Waals surface area contributed by atoms with Crippen molar-refractivity contribution in [3.8, 4) is 0 Å². The van der Waals surface area contributed by atoms with Gasteiger partial charge in [-0.1, -0.05) is 63.9 Å². The van der Waals surface area contributed by atoms with Gasteiger partial charge in [0.05, 0.1) is 19.5 Å². The lowest BCUT2D eigenvalue weighted by atomic mass is 9.87. The predicted molar refractivity (Wildman–Crippen MR) is 219 cm³/mol. The van der Waals surface area contributed by atoms with E-state index in [2.05, 4.69) is 53.5 Å². The summed E-state index contributed by atoms with van der Waals surface area (Å²) in [5, 5.41) is 26.6. The van der Waals surface area contributed by atoms with Gasteiger partial charge in [0.15, 0.2) is 22.8 Å². The van der Waals surface area contributed by atoms with Gasteiger partial charge in [0, 0.05) is 37.1 Å². The number of anilines is 1. The van der Waals surface area contributed by atoms with E-state index in [0.717, 1.165) is 73.9 Å². The number of aromatic nitrogens is 4. The van der Waals surface area contributed by atoms with Crippen LogP contribution in [0.1, 0.15) is 84.8 Å². The highest BCUT2D eigenvalue weighted by molar-refractivity contribution is 8.13. The van der Waals surface area contributed by atoms with Crippen molar-refractivity contribution in [1.82, 2.24) is 30.2 Å². The lowest BCUT2D eigenvalue weighted by molar-refractivity contribution is -0.137. The third-order valence-corrected chi connectivity index (χ3v) is 13.0. The molecule has 1 saturated heterocycles. The SMILES string of the molecule is CC/C=C/CCCCCCCC(=O)SCCNC(=O)CCNC(=O)[C@H](O)C(C)(C)COP(=O)(O)OP(=O)(O)OC[C@H]1O[C@@H](n2cnc3c(N)ncnc32)[C@H](O)[C@@H]1OP(=O)(O)O. The Kier molecular flexibility index (Phi) is 21.0. The smallest absolute Gasteiger partial charge is 0.386 e. The van der Waals surface area contributed by atoms with Crippen LogP contribution in [0.25, 0.3) is 11.2 Å². The Morgan fingerprint density at radius 1 is 0.984 bits per heavy atom. The molecule has 7 atom stereocenters. The van der Waals surface area contributed by atoms with Gasteiger partial charge >= 0.3 is 23.5 Å². The van der Waals surface area contributed by atoms with Gasteiger partial charge in [0.25, 0.3) is 0 Å². The molecule has 0 aliphatic carbocycles. The maximum atomic E-state index is 12.7. The van der Waals surface area contributed by atoms with Crippen LogP contribution in [-0.2, 0) is 50.7 Å². The highest BCUT2D eigenvalue weighted by atomic mass is 32.2. The number of allylic oxidation sites excluding steroid dienone is 2. The molecule has 2 aromatic heterocycles. The van der Waals surface area contributed by atoms with Gasteiger partial charge in [-0.2, -0.15) is 4.31 Å². The van der Waals surface area contributed by atoms with Gasteiger partial charge in [-0.3, -0.25) is 32.5 Å². The zero-order chi connectivity index (χ0) is 45.4. The first-order valence-electron chi connectivity index (χ1n) is 19.3. The van der Waals surface area contributed by atoms with E-state index in [0.29, 0.717) is 12.2 Å². The van der Waals surface area contributed by atoms with Gasteiger partial charge in [-0.15, -0.1) is 0 Å². The maximum absolute atomic E-state index is 12.7. The number of phosphoric acid groups is 3. The van der Waals surface area contributed by atoms with Crippen LogP contribution in [0.3, 0.4) is 0 Å². The van der Waals surface area contributed by atoms with E-state index in [1.54, 1.807) is 0 Å². The van der Waals surface area contributed by atoms with Crippen LogP contribution in [0.4, 0.5) is 5.82 Å². The number of rotatable bonds is 28. The third-order valence-electron chi connectivity index (χ3n) is 8.92. The highest BCUT2D eigenvalue weighted by Crippen LogP contribution is 2.61. The monoisotopic (exact) mass is 947 g/mol. The Hall–Kier alpha value is -2.70. The van der Waals surface area contributed by atoms with Crippen LogP contribution in [-0.4, -0.2) is 123 Å². The fraction of sp³-hybridized carbons (Fsp3) is 0.697. The molecule has 61 heavy (non-hydrogen) atoms. The molecule has 1 aliphatic heterocycles. The number of carbonyl (C=O) groups is 3. The average Bonchev–Trinajstić information content (AvgIpc) is 3.73. The number of nitrogens with one attached hydrogen (secondary N) is 2. The summed E-state index contributed by atoms with van der Waals surface area (Å²) in [7, 11) is -16.4. The Morgan fingerprint density at radius 3 is 2.38 bits per heavy atom. The number of ether oxygens (including phenoxy) is 1. The zero-order valence-corrected chi connectivity index (χ0v) is 37.4. The molecule has 24 nitrogen and oxygen atoms in total. The summed E-state index contributed by atoms with van der Waals surface area (Å²) >= 11 is 1.14. The van der Waals surface area contributed by atoms with Gasteiger partial charge in [0.2, 0.25) is 11.8 Å².